The normalized spacial score (nSPS) is 25.6. The predicted octanol–water partition coefficient (Wildman–Crippen LogP) is 1.64. The van der Waals surface area contributed by atoms with E-state index >= 15 is 0 Å². The average Bonchev–Trinajstić information content (AvgIpc) is 2.89. The smallest absolute Gasteiger partial charge is 0.310 e. The third-order valence-electron chi connectivity index (χ3n) is 4.93. The fourth-order valence-electron chi connectivity index (χ4n) is 3.57. The molecular weight excluding hydrogens is 258 g/mol. The van der Waals surface area contributed by atoms with E-state index in [9.17, 15) is 14.7 Å². The van der Waals surface area contributed by atoms with Crippen LogP contribution in [0.4, 0.5) is 0 Å². The van der Waals surface area contributed by atoms with E-state index in [1.807, 2.05) is 0 Å². The monoisotopic (exact) mass is 283 g/mol. The standard InChI is InChI=1S/C15H25NO4/c17-9-5-12-4-8-16(11-12)13(18)10-15(14(19)20)6-2-1-3-7-15/h12,17H,1-11H2,(H,19,20). The van der Waals surface area contributed by atoms with Crippen molar-refractivity contribution in [1.29, 1.82) is 0 Å². The number of aliphatic hydroxyl groups is 1. The minimum absolute atomic E-state index is 0.0188. The second-order valence-electron chi connectivity index (χ2n) is 6.33. The van der Waals surface area contributed by atoms with Crippen molar-refractivity contribution in [3.8, 4) is 0 Å². The number of amides is 1. The largest absolute Gasteiger partial charge is 0.481 e. The molecule has 0 bridgehead atoms. The number of carbonyl (C=O) groups is 2. The fraction of sp³-hybridized carbons (Fsp3) is 0.867. The van der Waals surface area contributed by atoms with E-state index < -0.39 is 11.4 Å². The first-order valence-electron chi connectivity index (χ1n) is 7.69. The van der Waals surface area contributed by atoms with Gasteiger partial charge in [0.1, 0.15) is 0 Å². The minimum atomic E-state index is -0.829. The van der Waals surface area contributed by atoms with Gasteiger partial charge in [-0.3, -0.25) is 9.59 Å². The Balaban J connectivity index is 1.94. The van der Waals surface area contributed by atoms with Gasteiger partial charge in [-0.15, -0.1) is 0 Å². The summed E-state index contributed by atoms with van der Waals surface area (Å²) in [4.78, 5) is 25.8. The van der Waals surface area contributed by atoms with Crippen molar-refractivity contribution >= 4 is 11.9 Å². The Morgan fingerprint density at radius 3 is 2.50 bits per heavy atom. The molecule has 1 aliphatic carbocycles. The molecule has 0 aromatic heterocycles. The number of aliphatic carboxylic acids is 1. The molecule has 1 unspecified atom stereocenters. The molecule has 1 heterocycles. The molecule has 1 aliphatic heterocycles. The maximum atomic E-state index is 12.4. The molecule has 0 spiro atoms. The SMILES string of the molecule is O=C(CC1(C(=O)O)CCCCC1)N1CCC(CCO)C1. The van der Waals surface area contributed by atoms with Crippen LogP contribution in [-0.2, 0) is 9.59 Å². The van der Waals surface area contributed by atoms with Crippen molar-refractivity contribution in [2.45, 2.75) is 51.4 Å². The number of aliphatic hydroxyl groups excluding tert-OH is 1. The van der Waals surface area contributed by atoms with Gasteiger partial charge >= 0.3 is 5.97 Å². The quantitative estimate of drug-likeness (QED) is 0.804. The molecule has 5 nitrogen and oxygen atoms in total. The topological polar surface area (TPSA) is 77.8 Å². The van der Waals surface area contributed by atoms with E-state index in [0.717, 1.165) is 32.1 Å². The number of carboxylic acids is 1. The zero-order valence-electron chi connectivity index (χ0n) is 12.0. The lowest BCUT2D eigenvalue weighted by Gasteiger charge is -2.33. The second-order valence-corrected chi connectivity index (χ2v) is 6.33. The van der Waals surface area contributed by atoms with Gasteiger partial charge in [-0.1, -0.05) is 19.3 Å². The van der Waals surface area contributed by atoms with Gasteiger partial charge in [-0.2, -0.15) is 0 Å². The first-order valence-corrected chi connectivity index (χ1v) is 7.69. The van der Waals surface area contributed by atoms with E-state index in [4.69, 9.17) is 5.11 Å². The summed E-state index contributed by atoms with van der Waals surface area (Å²) in [7, 11) is 0. The van der Waals surface area contributed by atoms with Gasteiger partial charge in [0.05, 0.1) is 5.41 Å². The molecular formula is C15H25NO4. The molecule has 0 radical (unpaired) electrons. The summed E-state index contributed by atoms with van der Waals surface area (Å²) >= 11 is 0. The Bertz CT molecular complexity index is 363. The van der Waals surface area contributed by atoms with Crippen molar-refractivity contribution in [1.82, 2.24) is 4.90 Å². The lowest BCUT2D eigenvalue weighted by atomic mass is 9.71. The lowest BCUT2D eigenvalue weighted by molar-refractivity contribution is -0.155. The molecule has 1 saturated carbocycles. The number of hydrogen-bond donors (Lipinski definition) is 2. The zero-order chi connectivity index (χ0) is 14.6. The Kier molecular flexibility index (Phi) is 5.02. The van der Waals surface area contributed by atoms with Crippen LogP contribution in [0.2, 0.25) is 0 Å². The van der Waals surface area contributed by atoms with E-state index in [1.165, 1.54) is 0 Å². The molecule has 2 rings (SSSR count). The zero-order valence-corrected chi connectivity index (χ0v) is 12.0. The van der Waals surface area contributed by atoms with Gasteiger partial charge in [-0.25, -0.2) is 0 Å². The molecule has 1 amide bonds. The minimum Gasteiger partial charge on any atom is -0.481 e. The summed E-state index contributed by atoms with van der Waals surface area (Å²) in [5, 5.41) is 18.5. The number of likely N-dealkylation sites (tertiary alicyclic amines) is 1. The number of rotatable bonds is 5. The maximum absolute atomic E-state index is 12.4. The van der Waals surface area contributed by atoms with E-state index in [-0.39, 0.29) is 18.9 Å². The van der Waals surface area contributed by atoms with Gasteiger partial charge in [0, 0.05) is 26.1 Å². The summed E-state index contributed by atoms with van der Waals surface area (Å²) in [6.45, 7) is 1.54. The Labute approximate surface area is 120 Å². The van der Waals surface area contributed by atoms with Gasteiger partial charge in [0.15, 0.2) is 0 Å². The summed E-state index contributed by atoms with van der Waals surface area (Å²) in [6, 6.07) is 0. The predicted molar refractivity (Wildman–Crippen MR) is 74.2 cm³/mol. The maximum Gasteiger partial charge on any atom is 0.310 e. The van der Waals surface area contributed by atoms with Crippen molar-refractivity contribution < 1.29 is 19.8 Å². The number of nitrogens with zero attached hydrogens (tertiary/aromatic N) is 1. The average molecular weight is 283 g/mol. The van der Waals surface area contributed by atoms with E-state index in [0.29, 0.717) is 31.8 Å². The van der Waals surface area contributed by atoms with Crippen LogP contribution in [0.1, 0.15) is 51.4 Å². The Hall–Kier alpha value is -1.10. The third kappa shape index (κ3) is 3.32. The van der Waals surface area contributed by atoms with Crippen LogP contribution in [0.25, 0.3) is 0 Å². The van der Waals surface area contributed by atoms with E-state index in [2.05, 4.69) is 0 Å². The summed E-state index contributed by atoms with van der Waals surface area (Å²) in [5.74, 6) is -0.456. The molecule has 20 heavy (non-hydrogen) atoms. The molecule has 0 aromatic rings. The summed E-state index contributed by atoms with van der Waals surface area (Å²) in [5.41, 5.74) is -0.829. The van der Waals surface area contributed by atoms with Gasteiger partial charge in [-0.05, 0) is 31.6 Å². The molecule has 2 N–H and O–H groups in total. The molecule has 2 fully saturated rings. The van der Waals surface area contributed by atoms with Crippen molar-refractivity contribution in [3.63, 3.8) is 0 Å². The van der Waals surface area contributed by atoms with Crippen LogP contribution in [0.5, 0.6) is 0 Å². The third-order valence-corrected chi connectivity index (χ3v) is 4.93. The number of hydrogen-bond acceptors (Lipinski definition) is 3. The molecule has 114 valence electrons. The van der Waals surface area contributed by atoms with Crippen molar-refractivity contribution in [3.05, 3.63) is 0 Å². The first-order chi connectivity index (χ1) is 9.57. The molecule has 1 atom stereocenters. The van der Waals surface area contributed by atoms with Crippen LogP contribution < -0.4 is 0 Å². The number of carboxylic acid groups (broad SMARTS) is 1. The fourth-order valence-corrected chi connectivity index (χ4v) is 3.57. The Morgan fingerprint density at radius 1 is 1.20 bits per heavy atom. The highest BCUT2D eigenvalue weighted by Crippen LogP contribution is 2.40. The van der Waals surface area contributed by atoms with Crippen LogP contribution >= 0.6 is 0 Å². The van der Waals surface area contributed by atoms with Gasteiger partial charge < -0.3 is 15.1 Å². The highest BCUT2D eigenvalue weighted by atomic mass is 16.4. The molecule has 2 aliphatic rings. The van der Waals surface area contributed by atoms with Crippen LogP contribution in [0.15, 0.2) is 0 Å². The second kappa shape index (κ2) is 6.57. The van der Waals surface area contributed by atoms with Crippen molar-refractivity contribution in [2.24, 2.45) is 11.3 Å². The highest BCUT2D eigenvalue weighted by molar-refractivity contribution is 5.85. The van der Waals surface area contributed by atoms with Crippen LogP contribution in [0, 0.1) is 11.3 Å². The molecule has 5 heteroatoms. The van der Waals surface area contributed by atoms with Crippen LogP contribution in [-0.4, -0.2) is 46.7 Å². The molecule has 1 saturated heterocycles. The highest BCUT2D eigenvalue weighted by Gasteiger charge is 2.42. The van der Waals surface area contributed by atoms with E-state index in [1.54, 1.807) is 4.90 Å². The molecule has 0 aromatic carbocycles. The van der Waals surface area contributed by atoms with Crippen LogP contribution in [0.3, 0.4) is 0 Å². The summed E-state index contributed by atoms with van der Waals surface area (Å²) in [6.07, 6.45) is 5.95. The lowest BCUT2D eigenvalue weighted by Crippen LogP contribution is -2.40. The van der Waals surface area contributed by atoms with Gasteiger partial charge in [0.25, 0.3) is 0 Å². The van der Waals surface area contributed by atoms with Gasteiger partial charge in [0.2, 0.25) is 5.91 Å². The summed E-state index contributed by atoms with van der Waals surface area (Å²) < 4.78 is 0. The number of carbonyl (C=O) groups excluding carboxylic acids is 1. The van der Waals surface area contributed by atoms with Crippen molar-refractivity contribution in [2.75, 3.05) is 19.7 Å². The first kappa shape index (κ1) is 15.3. The Morgan fingerprint density at radius 2 is 1.90 bits per heavy atom.